The zero-order valence-corrected chi connectivity index (χ0v) is 19.5. The van der Waals surface area contributed by atoms with Gasteiger partial charge in [0.05, 0.1) is 10.5 Å². The lowest BCUT2D eigenvalue weighted by atomic mass is 10.1. The minimum atomic E-state index is -3.84. The van der Waals surface area contributed by atoms with E-state index < -0.39 is 15.9 Å². The van der Waals surface area contributed by atoms with E-state index in [-0.39, 0.29) is 48.5 Å². The van der Waals surface area contributed by atoms with Gasteiger partial charge < -0.3 is 9.80 Å². The van der Waals surface area contributed by atoms with Crippen LogP contribution in [0.1, 0.15) is 23.1 Å². The Balaban J connectivity index is 1.42. The SMILES string of the molecule is Cc1ccc(N2CCC(C(=O)N3CCN(S(=O)(=O)c4ccccc4C#N)CC3)C2=O)cc1C. The number of carbonyl (C=O) groups is 2. The first-order valence-electron chi connectivity index (χ1n) is 10.9. The van der Waals surface area contributed by atoms with E-state index in [1.807, 2.05) is 38.1 Å². The van der Waals surface area contributed by atoms with Gasteiger partial charge in [-0.1, -0.05) is 18.2 Å². The van der Waals surface area contributed by atoms with Crippen molar-refractivity contribution in [1.82, 2.24) is 9.21 Å². The quantitative estimate of drug-likeness (QED) is 0.642. The lowest BCUT2D eigenvalue weighted by Crippen LogP contribution is -2.52. The van der Waals surface area contributed by atoms with Crippen LogP contribution in [0.3, 0.4) is 0 Å². The van der Waals surface area contributed by atoms with Crippen molar-refractivity contribution in [3.63, 3.8) is 0 Å². The van der Waals surface area contributed by atoms with Gasteiger partial charge in [0.2, 0.25) is 21.8 Å². The molecular formula is C24H26N4O4S. The minimum absolute atomic E-state index is 0.0257. The molecule has 172 valence electrons. The van der Waals surface area contributed by atoms with Crippen LogP contribution in [0.5, 0.6) is 0 Å². The molecule has 2 aromatic rings. The van der Waals surface area contributed by atoms with Crippen molar-refractivity contribution < 1.29 is 18.0 Å². The van der Waals surface area contributed by atoms with E-state index in [0.29, 0.717) is 13.0 Å². The Labute approximate surface area is 194 Å². The van der Waals surface area contributed by atoms with Crippen LogP contribution in [0.25, 0.3) is 0 Å². The summed E-state index contributed by atoms with van der Waals surface area (Å²) >= 11 is 0. The van der Waals surface area contributed by atoms with Gasteiger partial charge in [0.25, 0.3) is 0 Å². The maximum Gasteiger partial charge on any atom is 0.244 e. The average Bonchev–Trinajstić information content (AvgIpc) is 3.21. The number of carbonyl (C=O) groups excluding carboxylic acids is 2. The molecule has 2 aliphatic heterocycles. The molecule has 0 radical (unpaired) electrons. The van der Waals surface area contributed by atoms with Crippen molar-refractivity contribution in [2.45, 2.75) is 25.2 Å². The molecule has 4 rings (SSSR count). The van der Waals surface area contributed by atoms with Gasteiger partial charge >= 0.3 is 0 Å². The number of hydrogen-bond acceptors (Lipinski definition) is 5. The zero-order chi connectivity index (χ0) is 23.8. The number of sulfonamides is 1. The molecule has 0 saturated carbocycles. The van der Waals surface area contributed by atoms with Crippen molar-refractivity contribution in [3.8, 4) is 6.07 Å². The van der Waals surface area contributed by atoms with Gasteiger partial charge in [-0.05, 0) is 55.7 Å². The first-order chi connectivity index (χ1) is 15.7. The largest absolute Gasteiger partial charge is 0.339 e. The number of nitriles is 1. The van der Waals surface area contributed by atoms with Crippen LogP contribution in [0.2, 0.25) is 0 Å². The molecule has 2 heterocycles. The molecule has 2 fully saturated rings. The van der Waals surface area contributed by atoms with Gasteiger partial charge in [-0.2, -0.15) is 9.57 Å². The summed E-state index contributed by atoms with van der Waals surface area (Å²) in [5, 5.41) is 9.25. The van der Waals surface area contributed by atoms with Crippen LogP contribution in [0, 0.1) is 31.1 Å². The molecular weight excluding hydrogens is 440 g/mol. The third-order valence-corrected chi connectivity index (χ3v) is 8.44. The lowest BCUT2D eigenvalue weighted by Gasteiger charge is -2.35. The van der Waals surface area contributed by atoms with E-state index in [1.165, 1.54) is 16.4 Å². The van der Waals surface area contributed by atoms with E-state index in [9.17, 15) is 23.3 Å². The number of benzene rings is 2. The number of nitrogens with zero attached hydrogens (tertiary/aromatic N) is 4. The van der Waals surface area contributed by atoms with E-state index >= 15 is 0 Å². The van der Waals surface area contributed by atoms with Gasteiger partial charge in [-0.3, -0.25) is 9.59 Å². The summed E-state index contributed by atoms with van der Waals surface area (Å²) in [5.74, 6) is -1.20. The van der Waals surface area contributed by atoms with Crippen LogP contribution in [0.15, 0.2) is 47.4 Å². The molecule has 9 heteroatoms. The first-order valence-corrected chi connectivity index (χ1v) is 12.3. The standard InChI is InChI=1S/C24H26N4O4S/c1-17-7-8-20(15-18(17)2)28-10-9-21(24(28)30)23(29)26-11-13-27(14-12-26)33(31,32)22-6-4-3-5-19(22)16-25/h3-8,15,21H,9-14H2,1-2H3. The molecule has 2 aromatic carbocycles. The summed E-state index contributed by atoms with van der Waals surface area (Å²) in [4.78, 5) is 29.3. The summed E-state index contributed by atoms with van der Waals surface area (Å²) < 4.78 is 27.3. The second-order valence-corrected chi connectivity index (χ2v) is 10.3. The molecule has 0 spiro atoms. The van der Waals surface area contributed by atoms with E-state index in [1.54, 1.807) is 21.9 Å². The monoisotopic (exact) mass is 466 g/mol. The fourth-order valence-electron chi connectivity index (χ4n) is 4.35. The molecule has 8 nitrogen and oxygen atoms in total. The van der Waals surface area contributed by atoms with Gasteiger partial charge in [0.1, 0.15) is 12.0 Å². The highest BCUT2D eigenvalue weighted by Gasteiger charge is 2.41. The minimum Gasteiger partial charge on any atom is -0.339 e. The highest BCUT2D eigenvalue weighted by molar-refractivity contribution is 7.89. The predicted molar refractivity (Wildman–Crippen MR) is 123 cm³/mol. The maximum atomic E-state index is 13.1. The average molecular weight is 467 g/mol. The Morgan fingerprint density at radius 2 is 1.70 bits per heavy atom. The lowest BCUT2D eigenvalue weighted by molar-refractivity contribution is -0.140. The molecule has 2 saturated heterocycles. The summed E-state index contributed by atoms with van der Waals surface area (Å²) in [7, 11) is -3.84. The van der Waals surface area contributed by atoms with Crippen LogP contribution in [-0.2, 0) is 19.6 Å². The fourth-order valence-corrected chi connectivity index (χ4v) is 5.92. The maximum absolute atomic E-state index is 13.1. The Morgan fingerprint density at radius 1 is 1.00 bits per heavy atom. The smallest absolute Gasteiger partial charge is 0.244 e. The van der Waals surface area contributed by atoms with E-state index in [2.05, 4.69) is 0 Å². The zero-order valence-electron chi connectivity index (χ0n) is 18.7. The molecule has 1 unspecified atom stereocenters. The molecule has 0 bridgehead atoms. The third-order valence-electron chi connectivity index (χ3n) is 6.48. The Kier molecular flexibility index (Phi) is 6.23. The number of anilines is 1. The predicted octanol–water partition coefficient (Wildman–Crippen LogP) is 2.06. The van der Waals surface area contributed by atoms with Gasteiger partial charge in [0, 0.05) is 38.4 Å². The van der Waals surface area contributed by atoms with Crippen LogP contribution < -0.4 is 4.90 Å². The molecule has 0 aromatic heterocycles. The normalized spacial score (nSPS) is 19.5. The van der Waals surface area contributed by atoms with Crippen molar-refractivity contribution in [2.75, 3.05) is 37.6 Å². The van der Waals surface area contributed by atoms with Crippen molar-refractivity contribution in [3.05, 3.63) is 59.2 Å². The summed E-state index contributed by atoms with van der Waals surface area (Å²) in [5.41, 5.74) is 3.12. The van der Waals surface area contributed by atoms with Crippen molar-refractivity contribution in [2.24, 2.45) is 5.92 Å². The highest BCUT2D eigenvalue weighted by Crippen LogP contribution is 2.29. The summed E-state index contributed by atoms with van der Waals surface area (Å²) in [6.07, 6.45) is 0.443. The molecule has 0 aliphatic carbocycles. The molecule has 1 atom stereocenters. The Morgan fingerprint density at radius 3 is 2.36 bits per heavy atom. The van der Waals surface area contributed by atoms with Gasteiger partial charge in [0.15, 0.2) is 0 Å². The molecule has 0 N–H and O–H groups in total. The van der Waals surface area contributed by atoms with Crippen LogP contribution in [-0.4, -0.2) is 62.2 Å². The number of amides is 2. The van der Waals surface area contributed by atoms with Gasteiger partial charge in [-0.25, -0.2) is 8.42 Å². The van der Waals surface area contributed by atoms with Crippen molar-refractivity contribution >= 4 is 27.5 Å². The Hall–Kier alpha value is -3.22. The molecule has 2 aliphatic rings. The highest BCUT2D eigenvalue weighted by atomic mass is 32.2. The van der Waals surface area contributed by atoms with E-state index in [0.717, 1.165) is 16.8 Å². The number of aryl methyl sites for hydroxylation is 2. The van der Waals surface area contributed by atoms with E-state index in [4.69, 9.17) is 0 Å². The second-order valence-electron chi connectivity index (χ2n) is 8.44. The molecule has 33 heavy (non-hydrogen) atoms. The Bertz CT molecular complexity index is 1240. The van der Waals surface area contributed by atoms with Crippen molar-refractivity contribution in [1.29, 1.82) is 5.26 Å². The summed E-state index contributed by atoms with van der Waals surface area (Å²) in [6.45, 7) is 5.14. The number of piperazine rings is 1. The third kappa shape index (κ3) is 4.24. The molecule has 2 amide bonds. The topological polar surface area (TPSA) is 102 Å². The second kappa shape index (κ2) is 8.96. The van der Waals surface area contributed by atoms with Gasteiger partial charge in [-0.15, -0.1) is 0 Å². The first kappa shape index (κ1) is 23.0. The number of hydrogen-bond donors (Lipinski definition) is 0. The summed E-state index contributed by atoms with van der Waals surface area (Å²) in [6, 6.07) is 13.8. The number of rotatable bonds is 4. The van der Waals surface area contributed by atoms with Crippen LogP contribution in [0.4, 0.5) is 5.69 Å². The van der Waals surface area contributed by atoms with Crippen LogP contribution >= 0.6 is 0 Å². The fraction of sp³-hybridized carbons (Fsp3) is 0.375.